The van der Waals surface area contributed by atoms with E-state index >= 15 is 0 Å². The molecule has 0 unspecified atom stereocenters. The van der Waals surface area contributed by atoms with E-state index in [0.717, 1.165) is 17.9 Å². The minimum atomic E-state index is 0.105. The molecule has 4 N–H and O–H groups in total. The summed E-state index contributed by atoms with van der Waals surface area (Å²) in [7, 11) is 1.64. The first-order valence-corrected chi connectivity index (χ1v) is 7.01. The van der Waals surface area contributed by atoms with Crippen molar-refractivity contribution in [1.82, 2.24) is 5.32 Å². The smallest absolute Gasteiger partial charge is 0.170 e. The fraction of sp³-hybridized carbons (Fsp3) is 0.533. The molecular formula is C15H25N3O2. The van der Waals surface area contributed by atoms with Crippen molar-refractivity contribution >= 4 is 5.84 Å². The van der Waals surface area contributed by atoms with Gasteiger partial charge in [-0.2, -0.15) is 0 Å². The summed E-state index contributed by atoms with van der Waals surface area (Å²) in [5.74, 6) is 1.60. The fourth-order valence-electron chi connectivity index (χ4n) is 2.12. The van der Waals surface area contributed by atoms with Gasteiger partial charge in [-0.05, 0) is 30.7 Å². The van der Waals surface area contributed by atoms with Gasteiger partial charge in [0.25, 0.3) is 0 Å². The second kappa shape index (κ2) is 8.43. The van der Waals surface area contributed by atoms with Crippen molar-refractivity contribution in [2.45, 2.75) is 33.2 Å². The van der Waals surface area contributed by atoms with Crippen LogP contribution in [0, 0.1) is 5.92 Å². The van der Waals surface area contributed by atoms with E-state index < -0.39 is 0 Å². The molecule has 0 saturated heterocycles. The molecule has 0 aromatic heterocycles. The maximum absolute atomic E-state index is 8.73. The molecule has 0 fully saturated rings. The summed E-state index contributed by atoms with van der Waals surface area (Å²) in [5, 5.41) is 15.2. The standard InChI is InChI=1S/C15H25N3O2/c1-4-11(5-2)9-17-10-13-8-12(15(16)18-19)6-7-14(13)20-3/h6-8,11,17,19H,4-5,9-10H2,1-3H3,(H2,16,18). The molecule has 0 radical (unpaired) electrons. The van der Waals surface area contributed by atoms with E-state index in [9.17, 15) is 0 Å². The van der Waals surface area contributed by atoms with E-state index in [1.807, 2.05) is 12.1 Å². The third-order valence-corrected chi connectivity index (χ3v) is 3.59. The van der Waals surface area contributed by atoms with Crippen LogP contribution in [0.25, 0.3) is 0 Å². The molecule has 0 spiro atoms. The van der Waals surface area contributed by atoms with Crippen molar-refractivity contribution in [1.29, 1.82) is 0 Å². The fourth-order valence-corrected chi connectivity index (χ4v) is 2.12. The molecule has 0 atom stereocenters. The maximum atomic E-state index is 8.73. The zero-order valence-corrected chi connectivity index (χ0v) is 12.5. The molecule has 0 amide bonds. The molecule has 0 saturated carbocycles. The molecule has 0 aliphatic heterocycles. The molecule has 5 nitrogen and oxygen atoms in total. The lowest BCUT2D eigenvalue weighted by Gasteiger charge is -2.15. The van der Waals surface area contributed by atoms with Crippen LogP contribution in [0.4, 0.5) is 0 Å². The molecule has 1 rings (SSSR count). The minimum absolute atomic E-state index is 0.105. The van der Waals surface area contributed by atoms with Crippen LogP contribution in [0.1, 0.15) is 37.8 Å². The van der Waals surface area contributed by atoms with Crippen LogP contribution in [0.5, 0.6) is 5.75 Å². The first kappa shape index (κ1) is 16.3. The summed E-state index contributed by atoms with van der Waals surface area (Å²) in [5.41, 5.74) is 7.30. The lowest BCUT2D eigenvalue weighted by atomic mass is 10.0. The predicted molar refractivity (Wildman–Crippen MR) is 81.3 cm³/mol. The quantitative estimate of drug-likeness (QED) is 0.295. The Morgan fingerprint density at radius 1 is 1.40 bits per heavy atom. The summed E-state index contributed by atoms with van der Waals surface area (Å²) in [6, 6.07) is 5.49. The van der Waals surface area contributed by atoms with Crippen molar-refractivity contribution in [3.63, 3.8) is 0 Å². The average molecular weight is 279 g/mol. The van der Waals surface area contributed by atoms with Crippen LogP contribution >= 0.6 is 0 Å². The van der Waals surface area contributed by atoms with Crippen LogP contribution < -0.4 is 15.8 Å². The molecule has 1 aromatic rings. The topological polar surface area (TPSA) is 79.9 Å². The van der Waals surface area contributed by atoms with Crippen molar-refractivity contribution in [3.8, 4) is 5.75 Å². The van der Waals surface area contributed by atoms with E-state index in [2.05, 4.69) is 24.3 Å². The van der Waals surface area contributed by atoms with E-state index in [0.29, 0.717) is 18.0 Å². The van der Waals surface area contributed by atoms with Gasteiger partial charge in [0.2, 0.25) is 0 Å². The molecule has 0 heterocycles. The second-order valence-corrected chi connectivity index (χ2v) is 4.83. The predicted octanol–water partition coefficient (Wildman–Crippen LogP) is 2.32. The molecule has 0 bridgehead atoms. The van der Waals surface area contributed by atoms with Gasteiger partial charge in [0.05, 0.1) is 7.11 Å². The second-order valence-electron chi connectivity index (χ2n) is 4.83. The summed E-state index contributed by atoms with van der Waals surface area (Å²) < 4.78 is 5.34. The van der Waals surface area contributed by atoms with Crippen LogP contribution in [0.3, 0.4) is 0 Å². The first-order valence-electron chi connectivity index (χ1n) is 7.01. The zero-order valence-electron chi connectivity index (χ0n) is 12.5. The molecule has 5 heteroatoms. The Morgan fingerprint density at radius 3 is 2.65 bits per heavy atom. The van der Waals surface area contributed by atoms with E-state index in [4.69, 9.17) is 15.7 Å². The molecule has 0 aliphatic carbocycles. The lowest BCUT2D eigenvalue weighted by Crippen LogP contribution is -2.22. The third kappa shape index (κ3) is 4.42. The van der Waals surface area contributed by atoms with Gasteiger partial charge in [-0.1, -0.05) is 31.8 Å². The van der Waals surface area contributed by atoms with Gasteiger partial charge >= 0.3 is 0 Å². The highest BCUT2D eigenvalue weighted by Gasteiger charge is 2.08. The number of methoxy groups -OCH3 is 1. The average Bonchev–Trinajstić information content (AvgIpc) is 2.50. The van der Waals surface area contributed by atoms with Crippen molar-refractivity contribution in [2.75, 3.05) is 13.7 Å². The number of rotatable bonds is 8. The summed E-state index contributed by atoms with van der Waals surface area (Å²) in [6.45, 7) is 6.08. The number of oxime groups is 1. The van der Waals surface area contributed by atoms with Crippen LogP contribution in [0.15, 0.2) is 23.4 Å². The van der Waals surface area contributed by atoms with Gasteiger partial charge < -0.3 is 21.0 Å². The number of nitrogens with zero attached hydrogens (tertiary/aromatic N) is 1. The number of nitrogens with two attached hydrogens (primary N) is 1. The van der Waals surface area contributed by atoms with E-state index in [-0.39, 0.29) is 5.84 Å². The zero-order chi connectivity index (χ0) is 15.0. The number of benzene rings is 1. The maximum Gasteiger partial charge on any atom is 0.170 e. The van der Waals surface area contributed by atoms with Crippen molar-refractivity contribution < 1.29 is 9.94 Å². The van der Waals surface area contributed by atoms with E-state index in [1.54, 1.807) is 13.2 Å². The molecule has 1 aromatic carbocycles. The SMILES string of the molecule is CCC(CC)CNCc1cc(/C(N)=N/O)ccc1OC. The van der Waals surface area contributed by atoms with Crippen LogP contribution in [-0.4, -0.2) is 24.7 Å². The summed E-state index contributed by atoms with van der Waals surface area (Å²) >= 11 is 0. The molecular weight excluding hydrogens is 254 g/mol. The van der Waals surface area contributed by atoms with Crippen molar-refractivity contribution in [2.24, 2.45) is 16.8 Å². The van der Waals surface area contributed by atoms with Crippen molar-refractivity contribution in [3.05, 3.63) is 29.3 Å². The highest BCUT2D eigenvalue weighted by Crippen LogP contribution is 2.20. The van der Waals surface area contributed by atoms with Gasteiger partial charge in [0.1, 0.15) is 5.75 Å². The number of nitrogens with one attached hydrogen (secondary N) is 1. The highest BCUT2D eigenvalue weighted by molar-refractivity contribution is 5.97. The number of hydrogen-bond donors (Lipinski definition) is 3. The lowest BCUT2D eigenvalue weighted by molar-refractivity contribution is 0.318. The van der Waals surface area contributed by atoms with Gasteiger partial charge in [-0.15, -0.1) is 0 Å². The first-order chi connectivity index (χ1) is 9.65. The third-order valence-electron chi connectivity index (χ3n) is 3.59. The summed E-state index contributed by atoms with van der Waals surface area (Å²) in [6.07, 6.45) is 2.34. The van der Waals surface area contributed by atoms with Crippen LogP contribution in [0.2, 0.25) is 0 Å². The Kier molecular flexibility index (Phi) is 6.87. The molecule has 0 aliphatic rings. The molecule has 20 heavy (non-hydrogen) atoms. The van der Waals surface area contributed by atoms with Gasteiger partial charge in [-0.3, -0.25) is 0 Å². The summed E-state index contributed by atoms with van der Waals surface area (Å²) in [4.78, 5) is 0. The Labute approximate surface area is 120 Å². The number of ether oxygens (including phenoxy) is 1. The van der Waals surface area contributed by atoms with E-state index in [1.165, 1.54) is 12.8 Å². The van der Waals surface area contributed by atoms with Crippen LogP contribution in [-0.2, 0) is 6.54 Å². The van der Waals surface area contributed by atoms with Gasteiger partial charge in [-0.25, -0.2) is 0 Å². The van der Waals surface area contributed by atoms with Gasteiger partial charge in [0, 0.05) is 17.7 Å². The Hall–Kier alpha value is -1.75. The minimum Gasteiger partial charge on any atom is -0.496 e. The normalized spacial score (nSPS) is 11.9. The Bertz CT molecular complexity index is 443. The number of amidine groups is 1. The highest BCUT2D eigenvalue weighted by atomic mass is 16.5. The molecule has 112 valence electrons. The monoisotopic (exact) mass is 279 g/mol. The van der Waals surface area contributed by atoms with Gasteiger partial charge in [0.15, 0.2) is 5.84 Å². The Morgan fingerprint density at radius 2 is 2.10 bits per heavy atom. The largest absolute Gasteiger partial charge is 0.496 e. The Balaban J connectivity index is 2.76. The number of hydrogen-bond acceptors (Lipinski definition) is 4.